The molecule has 5 atom stereocenters. The molecule has 0 bridgehead atoms. The molecular formula is C27H30FNO. The van der Waals surface area contributed by atoms with Gasteiger partial charge in [0.25, 0.3) is 0 Å². The summed E-state index contributed by atoms with van der Waals surface area (Å²) < 4.78 is 13.7. The third-order valence-electron chi connectivity index (χ3n) is 6.74. The van der Waals surface area contributed by atoms with Gasteiger partial charge in [0, 0.05) is 23.9 Å². The van der Waals surface area contributed by atoms with E-state index >= 15 is 0 Å². The number of benzene rings is 3. The van der Waals surface area contributed by atoms with Crippen molar-refractivity contribution in [2.24, 2.45) is 11.8 Å². The summed E-state index contributed by atoms with van der Waals surface area (Å²) in [6.07, 6.45) is 1.83. The Morgan fingerprint density at radius 1 is 0.833 bits per heavy atom. The summed E-state index contributed by atoms with van der Waals surface area (Å²) >= 11 is 0. The first-order valence-electron chi connectivity index (χ1n) is 10.9. The number of hydrogen-bond acceptors (Lipinski definition) is 2. The van der Waals surface area contributed by atoms with Gasteiger partial charge in [-0.2, -0.15) is 0 Å². The minimum absolute atomic E-state index is 0.0115. The van der Waals surface area contributed by atoms with Crippen LogP contribution in [-0.2, 0) is 5.60 Å². The second-order valence-corrected chi connectivity index (χ2v) is 8.46. The van der Waals surface area contributed by atoms with Crippen LogP contribution in [0.15, 0.2) is 84.9 Å². The summed E-state index contributed by atoms with van der Waals surface area (Å²) in [6.45, 7) is 4.26. The molecular weight excluding hydrogens is 373 g/mol. The Morgan fingerprint density at radius 3 is 1.90 bits per heavy atom. The number of halogens is 1. The molecule has 3 heteroatoms. The number of nitrogens with one attached hydrogen (secondary N) is 1. The Balaban J connectivity index is 1.88. The highest BCUT2D eigenvalue weighted by atomic mass is 19.1. The average Bonchev–Trinajstić information content (AvgIpc) is 2.79. The van der Waals surface area contributed by atoms with Crippen molar-refractivity contribution >= 4 is 0 Å². The predicted octanol–water partition coefficient (Wildman–Crippen LogP) is 6.15. The van der Waals surface area contributed by atoms with E-state index in [1.165, 1.54) is 17.7 Å². The maximum absolute atomic E-state index is 13.7. The smallest absolute Gasteiger partial charge is 0.123 e. The van der Waals surface area contributed by atoms with Gasteiger partial charge in [-0.1, -0.05) is 93.1 Å². The summed E-state index contributed by atoms with van der Waals surface area (Å²) in [5.74, 6) is -0.414. The summed E-state index contributed by atoms with van der Waals surface area (Å²) in [5, 5.41) is 16.3. The van der Waals surface area contributed by atoms with Gasteiger partial charge >= 0.3 is 0 Å². The van der Waals surface area contributed by atoms with Gasteiger partial charge in [-0.3, -0.25) is 0 Å². The van der Waals surface area contributed by atoms with E-state index in [4.69, 9.17) is 0 Å². The SMILES string of the molecule is CCC[C@@H]1[C@@H](c2ccccc2)N[C@H](c2ccccc2)[C@H](C)[C@]1(O)c1ccc(F)cc1. The molecule has 0 radical (unpaired) electrons. The lowest BCUT2D eigenvalue weighted by atomic mass is 9.61. The van der Waals surface area contributed by atoms with Crippen LogP contribution in [0.4, 0.5) is 4.39 Å². The van der Waals surface area contributed by atoms with Gasteiger partial charge in [0.05, 0.1) is 5.60 Å². The van der Waals surface area contributed by atoms with Crippen molar-refractivity contribution in [3.63, 3.8) is 0 Å². The molecule has 156 valence electrons. The molecule has 0 unspecified atom stereocenters. The fraction of sp³-hybridized carbons (Fsp3) is 0.333. The molecule has 0 amide bonds. The van der Waals surface area contributed by atoms with Crippen molar-refractivity contribution in [2.45, 2.75) is 44.4 Å². The van der Waals surface area contributed by atoms with Crippen molar-refractivity contribution in [2.75, 3.05) is 0 Å². The molecule has 1 aliphatic rings. The lowest BCUT2D eigenvalue weighted by molar-refractivity contribution is -0.127. The van der Waals surface area contributed by atoms with Crippen molar-refractivity contribution < 1.29 is 9.50 Å². The van der Waals surface area contributed by atoms with E-state index in [0.29, 0.717) is 0 Å². The normalized spacial score (nSPS) is 28.9. The Kier molecular flexibility index (Phi) is 6.03. The fourth-order valence-electron chi connectivity index (χ4n) is 5.23. The molecule has 0 spiro atoms. The average molecular weight is 404 g/mol. The predicted molar refractivity (Wildman–Crippen MR) is 119 cm³/mol. The molecule has 2 N–H and O–H groups in total. The van der Waals surface area contributed by atoms with Crippen LogP contribution in [0.3, 0.4) is 0 Å². The summed E-state index contributed by atoms with van der Waals surface area (Å²) in [5.41, 5.74) is 2.03. The highest BCUT2D eigenvalue weighted by Gasteiger charge is 2.53. The van der Waals surface area contributed by atoms with E-state index in [1.807, 2.05) is 36.4 Å². The zero-order valence-electron chi connectivity index (χ0n) is 17.6. The van der Waals surface area contributed by atoms with Crippen molar-refractivity contribution in [3.8, 4) is 0 Å². The van der Waals surface area contributed by atoms with E-state index < -0.39 is 5.60 Å². The van der Waals surface area contributed by atoms with Crippen LogP contribution in [0.2, 0.25) is 0 Å². The third-order valence-corrected chi connectivity index (χ3v) is 6.74. The topological polar surface area (TPSA) is 32.3 Å². The minimum Gasteiger partial charge on any atom is -0.384 e. The van der Waals surface area contributed by atoms with Crippen molar-refractivity contribution in [1.82, 2.24) is 5.32 Å². The number of aliphatic hydroxyl groups is 1. The van der Waals surface area contributed by atoms with E-state index in [-0.39, 0.29) is 29.7 Å². The molecule has 3 aromatic carbocycles. The first-order chi connectivity index (χ1) is 14.6. The lowest BCUT2D eigenvalue weighted by Crippen LogP contribution is -2.56. The van der Waals surface area contributed by atoms with Crippen LogP contribution in [0.1, 0.15) is 55.5 Å². The maximum Gasteiger partial charge on any atom is 0.123 e. The van der Waals surface area contributed by atoms with E-state index in [1.54, 1.807) is 12.1 Å². The largest absolute Gasteiger partial charge is 0.384 e. The summed E-state index contributed by atoms with van der Waals surface area (Å²) in [7, 11) is 0. The number of rotatable bonds is 5. The standard InChI is InChI=1S/C27H30FNO/c1-3-10-24-26(21-13-8-5-9-14-21)29-25(20-11-6-4-7-12-20)19(2)27(24,30)22-15-17-23(28)18-16-22/h4-9,11-19,24-26,29-30H,3,10H2,1-2H3/t19-,24+,25-,26+,27-/m0/s1. The fourth-order valence-corrected chi connectivity index (χ4v) is 5.23. The Bertz CT molecular complexity index is 944. The van der Waals surface area contributed by atoms with Gasteiger partial charge < -0.3 is 10.4 Å². The van der Waals surface area contributed by atoms with E-state index in [2.05, 4.69) is 43.4 Å². The Labute approximate surface area is 178 Å². The van der Waals surface area contributed by atoms with Gasteiger partial charge in [0.1, 0.15) is 5.82 Å². The third kappa shape index (κ3) is 3.68. The molecule has 30 heavy (non-hydrogen) atoms. The van der Waals surface area contributed by atoms with Gasteiger partial charge in [-0.15, -0.1) is 0 Å². The quantitative estimate of drug-likeness (QED) is 0.535. The molecule has 1 fully saturated rings. The van der Waals surface area contributed by atoms with Gasteiger partial charge in [-0.25, -0.2) is 4.39 Å². The van der Waals surface area contributed by atoms with Crippen LogP contribution in [0.5, 0.6) is 0 Å². The minimum atomic E-state index is -1.09. The number of piperidine rings is 1. The van der Waals surface area contributed by atoms with Gasteiger partial charge in [0.15, 0.2) is 0 Å². The zero-order chi connectivity index (χ0) is 21.1. The van der Waals surface area contributed by atoms with Crippen molar-refractivity contribution in [3.05, 3.63) is 107 Å². The molecule has 0 aromatic heterocycles. The monoisotopic (exact) mass is 403 g/mol. The van der Waals surface area contributed by atoms with Crippen LogP contribution in [-0.4, -0.2) is 5.11 Å². The Hall–Kier alpha value is -2.49. The van der Waals surface area contributed by atoms with Crippen LogP contribution < -0.4 is 5.32 Å². The first kappa shape index (κ1) is 20.8. The van der Waals surface area contributed by atoms with Crippen LogP contribution in [0.25, 0.3) is 0 Å². The summed E-state index contributed by atoms with van der Waals surface area (Å²) in [6, 6.07) is 27.1. The molecule has 1 saturated heterocycles. The molecule has 0 saturated carbocycles. The zero-order valence-corrected chi connectivity index (χ0v) is 17.6. The molecule has 1 aliphatic heterocycles. The molecule has 2 nitrogen and oxygen atoms in total. The first-order valence-corrected chi connectivity index (χ1v) is 10.9. The lowest BCUT2D eigenvalue weighted by Gasteiger charge is -2.53. The molecule has 4 rings (SSSR count). The second-order valence-electron chi connectivity index (χ2n) is 8.46. The highest BCUT2D eigenvalue weighted by molar-refractivity contribution is 5.33. The highest BCUT2D eigenvalue weighted by Crippen LogP contribution is 2.53. The van der Waals surface area contributed by atoms with Crippen molar-refractivity contribution in [1.29, 1.82) is 0 Å². The summed E-state index contributed by atoms with van der Waals surface area (Å²) in [4.78, 5) is 0. The molecule has 1 heterocycles. The van der Waals surface area contributed by atoms with E-state index in [0.717, 1.165) is 24.0 Å². The maximum atomic E-state index is 13.7. The number of hydrogen-bond donors (Lipinski definition) is 2. The van der Waals surface area contributed by atoms with Gasteiger partial charge in [0.2, 0.25) is 0 Å². The van der Waals surface area contributed by atoms with Crippen LogP contribution >= 0.6 is 0 Å². The van der Waals surface area contributed by atoms with Crippen LogP contribution in [0, 0.1) is 17.7 Å². The van der Waals surface area contributed by atoms with E-state index in [9.17, 15) is 9.50 Å². The molecule has 3 aromatic rings. The second kappa shape index (κ2) is 8.71. The molecule has 0 aliphatic carbocycles. The van der Waals surface area contributed by atoms with Gasteiger partial charge in [-0.05, 0) is 35.2 Å². The Morgan fingerprint density at radius 2 is 1.37 bits per heavy atom.